The van der Waals surface area contributed by atoms with E-state index in [1.165, 1.54) is 0 Å². The fourth-order valence-electron chi connectivity index (χ4n) is 3.22. The monoisotopic (exact) mass is 576 g/mol. The van der Waals surface area contributed by atoms with E-state index in [0.29, 0.717) is 35.7 Å². The largest absolute Gasteiger partial charge is 0.476 e. The molecule has 0 spiro atoms. The number of hydrogen-bond acceptors (Lipinski definition) is 8. The van der Waals surface area contributed by atoms with Crippen molar-refractivity contribution in [2.75, 3.05) is 19.9 Å². The van der Waals surface area contributed by atoms with Gasteiger partial charge in [0.05, 0.1) is 0 Å². The number of ether oxygens (including phenoxy) is 4. The summed E-state index contributed by atoms with van der Waals surface area (Å²) in [5, 5.41) is 5.97. The molecule has 2 amide bonds. The predicted octanol–water partition coefficient (Wildman–Crippen LogP) is 4.82. The number of carbonyl (C=O) groups is 4. The maximum Gasteiger partial charge on any atom is 0.407 e. The summed E-state index contributed by atoms with van der Waals surface area (Å²) in [4.78, 5) is 48.1. The molecule has 0 aliphatic heterocycles. The summed E-state index contributed by atoms with van der Waals surface area (Å²) in [7, 11) is 0. The van der Waals surface area contributed by atoms with Crippen LogP contribution in [-0.4, -0.2) is 55.0 Å². The standard InChI is InChI=1S/C29H37ClN2O8/c1-28(2,3)40-27(36)32-17-6-7-24(33)37-19-38-26(35)29(4,5)39-23-14-8-20(9-15-23)16-18-31-25(34)21-10-12-22(30)13-11-21/h8-15H,6-7,16-19H2,1-5H3,(H,31,34)(H,32,36). The quantitative estimate of drug-likeness (QED) is 0.197. The van der Waals surface area contributed by atoms with Crippen molar-refractivity contribution in [1.82, 2.24) is 10.6 Å². The Balaban J connectivity index is 1.66. The summed E-state index contributed by atoms with van der Waals surface area (Å²) < 4.78 is 20.9. The van der Waals surface area contributed by atoms with Crippen LogP contribution in [-0.2, 0) is 30.2 Å². The second-order valence-corrected chi connectivity index (χ2v) is 10.8. The molecular weight excluding hydrogens is 540 g/mol. The lowest BCUT2D eigenvalue weighted by molar-refractivity contribution is -0.177. The molecule has 0 radical (unpaired) electrons. The van der Waals surface area contributed by atoms with Crippen LogP contribution in [0.4, 0.5) is 4.79 Å². The number of rotatable bonds is 13. The maximum atomic E-state index is 12.5. The van der Waals surface area contributed by atoms with Crippen molar-refractivity contribution in [2.24, 2.45) is 0 Å². The topological polar surface area (TPSA) is 129 Å². The predicted molar refractivity (Wildman–Crippen MR) is 149 cm³/mol. The lowest BCUT2D eigenvalue weighted by Crippen LogP contribution is -2.40. The van der Waals surface area contributed by atoms with E-state index in [2.05, 4.69) is 10.6 Å². The zero-order chi connectivity index (χ0) is 29.8. The Morgan fingerprint density at radius 2 is 1.48 bits per heavy atom. The molecule has 2 aromatic rings. The van der Waals surface area contributed by atoms with Crippen LogP contribution >= 0.6 is 11.6 Å². The zero-order valence-electron chi connectivity index (χ0n) is 23.5. The smallest absolute Gasteiger partial charge is 0.407 e. The van der Waals surface area contributed by atoms with Gasteiger partial charge in [0.1, 0.15) is 11.4 Å². The number of carbonyl (C=O) groups excluding carboxylic acids is 4. The molecule has 10 nitrogen and oxygen atoms in total. The van der Waals surface area contributed by atoms with E-state index in [1.54, 1.807) is 71.0 Å². The van der Waals surface area contributed by atoms with Gasteiger partial charge in [-0.05, 0) is 89.4 Å². The molecule has 0 saturated heterocycles. The van der Waals surface area contributed by atoms with Gasteiger partial charge >= 0.3 is 18.0 Å². The van der Waals surface area contributed by atoms with E-state index >= 15 is 0 Å². The van der Waals surface area contributed by atoms with Gasteiger partial charge in [0.2, 0.25) is 6.79 Å². The second-order valence-electron chi connectivity index (χ2n) is 10.4. The lowest BCUT2D eigenvalue weighted by atomic mass is 10.1. The highest BCUT2D eigenvalue weighted by molar-refractivity contribution is 6.30. The summed E-state index contributed by atoms with van der Waals surface area (Å²) in [6, 6.07) is 13.8. The molecule has 0 unspecified atom stereocenters. The first-order valence-electron chi connectivity index (χ1n) is 12.9. The van der Waals surface area contributed by atoms with Gasteiger partial charge in [0.25, 0.3) is 5.91 Å². The Kier molecular flexibility index (Phi) is 12.3. The highest BCUT2D eigenvalue weighted by Crippen LogP contribution is 2.20. The van der Waals surface area contributed by atoms with Crippen molar-refractivity contribution in [2.45, 2.75) is 65.1 Å². The number of benzene rings is 2. The minimum atomic E-state index is -1.34. The van der Waals surface area contributed by atoms with Crippen molar-refractivity contribution >= 4 is 35.5 Å². The number of alkyl carbamates (subject to hydrolysis) is 1. The van der Waals surface area contributed by atoms with Crippen LogP contribution in [0.5, 0.6) is 5.75 Å². The molecule has 11 heteroatoms. The maximum absolute atomic E-state index is 12.5. The SMILES string of the molecule is CC(C)(C)OC(=O)NCCCC(=O)OCOC(=O)C(C)(C)Oc1ccc(CCNC(=O)c2ccc(Cl)cc2)cc1. The van der Waals surface area contributed by atoms with Crippen LogP contribution in [0.25, 0.3) is 0 Å². The molecule has 218 valence electrons. The van der Waals surface area contributed by atoms with Gasteiger partial charge < -0.3 is 29.6 Å². The molecule has 2 N–H and O–H groups in total. The summed E-state index contributed by atoms with van der Waals surface area (Å²) in [5.41, 5.74) is -0.437. The first-order valence-corrected chi connectivity index (χ1v) is 13.2. The Morgan fingerprint density at radius 1 is 0.825 bits per heavy atom. The average molecular weight is 577 g/mol. The normalized spacial score (nSPS) is 11.2. The molecule has 0 aliphatic rings. The van der Waals surface area contributed by atoms with Crippen molar-refractivity contribution < 1.29 is 38.1 Å². The van der Waals surface area contributed by atoms with Crippen molar-refractivity contribution in [1.29, 1.82) is 0 Å². The Bertz CT molecular complexity index is 1140. The van der Waals surface area contributed by atoms with E-state index in [0.717, 1.165) is 5.56 Å². The molecule has 0 heterocycles. The highest BCUT2D eigenvalue weighted by Gasteiger charge is 2.32. The van der Waals surface area contributed by atoms with Gasteiger partial charge in [0, 0.05) is 30.1 Å². The fourth-order valence-corrected chi connectivity index (χ4v) is 3.34. The van der Waals surface area contributed by atoms with E-state index in [4.69, 9.17) is 30.5 Å². The number of amides is 2. The molecule has 0 fully saturated rings. The van der Waals surface area contributed by atoms with Crippen LogP contribution in [0.3, 0.4) is 0 Å². The fraction of sp³-hybridized carbons (Fsp3) is 0.448. The molecule has 0 aliphatic carbocycles. The molecule has 0 saturated carbocycles. The van der Waals surface area contributed by atoms with Crippen LogP contribution in [0.2, 0.25) is 5.02 Å². The Morgan fingerprint density at radius 3 is 2.10 bits per heavy atom. The third-order valence-electron chi connectivity index (χ3n) is 5.23. The number of halogens is 1. The van der Waals surface area contributed by atoms with E-state index in [1.807, 2.05) is 12.1 Å². The van der Waals surface area contributed by atoms with Gasteiger partial charge in [-0.2, -0.15) is 0 Å². The minimum Gasteiger partial charge on any atom is -0.476 e. The molecule has 0 bridgehead atoms. The highest BCUT2D eigenvalue weighted by atomic mass is 35.5. The molecule has 0 atom stereocenters. The first kappa shape index (κ1) is 32.4. The van der Waals surface area contributed by atoms with Crippen molar-refractivity contribution in [3.05, 3.63) is 64.7 Å². The van der Waals surface area contributed by atoms with Gasteiger partial charge in [-0.3, -0.25) is 9.59 Å². The number of hydrogen-bond donors (Lipinski definition) is 2. The summed E-state index contributed by atoms with van der Waals surface area (Å²) in [6.45, 7) is 8.47. The van der Waals surface area contributed by atoms with Gasteiger partial charge in [-0.25, -0.2) is 9.59 Å². The van der Waals surface area contributed by atoms with E-state index in [-0.39, 0.29) is 18.9 Å². The third-order valence-corrected chi connectivity index (χ3v) is 5.48. The summed E-state index contributed by atoms with van der Waals surface area (Å²) in [6.07, 6.45) is 0.411. The molecule has 2 aromatic carbocycles. The molecule has 2 rings (SSSR count). The summed E-state index contributed by atoms with van der Waals surface area (Å²) in [5.74, 6) is -1.01. The first-order chi connectivity index (χ1) is 18.7. The average Bonchev–Trinajstić information content (AvgIpc) is 2.86. The zero-order valence-corrected chi connectivity index (χ0v) is 24.3. The van der Waals surface area contributed by atoms with Crippen LogP contribution in [0, 0.1) is 0 Å². The lowest BCUT2D eigenvalue weighted by Gasteiger charge is -2.24. The van der Waals surface area contributed by atoms with Gasteiger partial charge in [-0.15, -0.1) is 0 Å². The van der Waals surface area contributed by atoms with Gasteiger partial charge in [0.15, 0.2) is 5.60 Å². The number of nitrogens with one attached hydrogen (secondary N) is 2. The van der Waals surface area contributed by atoms with Crippen LogP contribution in [0.15, 0.2) is 48.5 Å². The second kappa shape index (κ2) is 15.1. The molecule has 40 heavy (non-hydrogen) atoms. The van der Waals surface area contributed by atoms with Crippen molar-refractivity contribution in [3.63, 3.8) is 0 Å². The molecular formula is C29H37ClN2O8. The minimum absolute atomic E-state index is 0.0321. The van der Waals surface area contributed by atoms with Crippen molar-refractivity contribution in [3.8, 4) is 5.75 Å². The number of esters is 2. The van der Waals surface area contributed by atoms with Crippen LogP contribution < -0.4 is 15.4 Å². The molecule has 0 aromatic heterocycles. The van der Waals surface area contributed by atoms with Crippen LogP contribution in [0.1, 0.15) is 63.4 Å². The van der Waals surface area contributed by atoms with E-state index in [9.17, 15) is 19.2 Å². The van der Waals surface area contributed by atoms with Gasteiger partial charge in [-0.1, -0.05) is 23.7 Å². The Labute approximate surface area is 239 Å². The third kappa shape index (κ3) is 12.4. The Hall–Kier alpha value is -3.79. The summed E-state index contributed by atoms with van der Waals surface area (Å²) >= 11 is 5.85. The van der Waals surface area contributed by atoms with E-state index < -0.39 is 36.0 Å².